The van der Waals surface area contributed by atoms with Crippen molar-refractivity contribution in [3.8, 4) is 0 Å². The van der Waals surface area contributed by atoms with Gasteiger partial charge in [-0.3, -0.25) is 0 Å². The van der Waals surface area contributed by atoms with Crippen molar-refractivity contribution in [1.82, 2.24) is 0 Å². The third-order valence-corrected chi connectivity index (χ3v) is 4.10. The van der Waals surface area contributed by atoms with E-state index in [-0.39, 0.29) is 11.5 Å². The topological polar surface area (TPSA) is 20.2 Å². The first-order chi connectivity index (χ1) is 7.60. The van der Waals surface area contributed by atoms with Crippen molar-refractivity contribution < 1.29 is 5.11 Å². The van der Waals surface area contributed by atoms with E-state index in [1.807, 2.05) is 24.3 Å². The lowest BCUT2D eigenvalue weighted by molar-refractivity contribution is 0.0424. The van der Waals surface area contributed by atoms with Gasteiger partial charge < -0.3 is 5.11 Å². The molecule has 0 aliphatic heterocycles. The predicted octanol–water partition coefficient (Wildman–Crippen LogP) is 3.82. The number of aliphatic hydroxyl groups excluding tert-OH is 1. The van der Waals surface area contributed by atoms with E-state index in [1.54, 1.807) is 0 Å². The highest BCUT2D eigenvalue weighted by Gasteiger charge is 2.35. The molecule has 1 saturated carbocycles. The third kappa shape index (κ3) is 2.58. The Morgan fingerprint density at radius 1 is 1.38 bits per heavy atom. The van der Waals surface area contributed by atoms with Gasteiger partial charge in [0.05, 0.1) is 6.10 Å². The summed E-state index contributed by atoms with van der Waals surface area (Å²) < 4.78 is 0. The Labute approximate surface area is 102 Å². The van der Waals surface area contributed by atoms with Crippen LogP contribution in [0.2, 0.25) is 5.02 Å². The highest BCUT2D eigenvalue weighted by atomic mass is 35.5. The lowest BCUT2D eigenvalue weighted by Gasteiger charge is -2.30. The zero-order valence-electron chi connectivity index (χ0n) is 9.75. The fourth-order valence-electron chi connectivity index (χ4n) is 2.65. The Kier molecular flexibility index (Phi) is 3.56. The summed E-state index contributed by atoms with van der Waals surface area (Å²) in [5.41, 5.74) is 1.25. The molecule has 1 unspecified atom stereocenters. The summed E-state index contributed by atoms with van der Waals surface area (Å²) >= 11 is 5.94. The number of rotatable bonds is 3. The summed E-state index contributed by atoms with van der Waals surface area (Å²) in [4.78, 5) is 0. The van der Waals surface area contributed by atoms with E-state index >= 15 is 0 Å². The van der Waals surface area contributed by atoms with Crippen molar-refractivity contribution >= 4 is 11.6 Å². The standard InChI is InChI=1S/C14H19ClO/c1-14(7-2-3-8-14)13(16)10-11-5-4-6-12(15)9-11/h4-6,9,13,16H,2-3,7-8,10H2,1H3. The van der Waals surface area contributed by atoms with Crippen molar-refractivity contribution in [2.75, 3.05) is 0 Å². The first-order valence-electron chi connectivity index (χ1n) is 6.03. The van der Waals surface area contributed by atoms with E-state index in [0.717, 1.165) is 29.8 Å². The number of benzene rings is 1. The van der Waals surface area contributed by atoms with Crippen LogP contribution in [0.15, 0.2) is 24.3 Å². The van der Waals surface area contributed by atoms with Crippen LogP contribution in [0.3, 0.4) is 0 Å². The molecule has 1 aliphatic carbocycles. The van der Waals surface area contributed by atoms with Crippen molar-refractivity contribution in [1.29, 1.82) is 0 Å². The molecule has 88 valence electrons. The fourth-order valence-corrected chi connectivity index (χ4v) is 2.86. The number of halogens is 1. The fraction of sp³-hybridized carbons (Fsp3) is 0.571. The zero-order chi connectivity index (χ0) is 11.6. The molecule has 0 spiro atoms. The van der Waals surface area contributed by atoms with Crippen molar-refractivity contribution in [2.24, 2.45) is 5.41 Å². The molecule has 0 aromatic heterocycles. The van der Waals surface area contributed by atoms with Gasteiger partial charge in [0.2, 0.25) is 0 Å². The summed E-state index contributed by atoms with van der Waals surface area (Å²) in [6.45, 7) is 2.20. The van der Waals surface area contributed by atoms with Gasteiger partial charge in [-0.1, -0.05) is 43.5 Å². The Bertz CT molecular complexity index is 356. The van der Waals surface area contributed by atoms with Crippen LogP contribution in [0.5, 0.6) is 0 Å². The van der Waals surface area contributed by atoms with Gasteiger partial charge in [-0.2, -0.15) is 0 Å². The summed E-state index contributed by atoms with van der Waals surface area (Å²) in [7, 11) is 0. The predicted molar refractivity (Wildman–Crippen MR) is 67.7 cm³/mol. The van der Waals surface area contributed by atoms with Gasteiger partial charge in [-0.25, -0.2) is 0 Å². The van der Waals surface area contributed by atoms with Crippen LogP contribution >= 0.6 is 11.6 Å². The second kappa shape index (κ2) is 4.77. The molecule has 1 aliphatic rings. The molecule has 16 heavy (non-hydrogen) atoms. The molecule has 1 aromatic rings. The lowest BCUT2D eigenvalue weighted by Crippen LogP contribution is -2.31. The minimum atomic E-state index is -0.242. The van der Waals surface area contributed by atoms with Crippen LogP contribution in [0, 0.1) is 5.41 Å². The molecule has 2 heteroatoms. The Balaban J connectivity index is 2.04. The molecule has 1 N–H and O–H groups in total. The largest absolute Gasteiger partial charge is 0.392 e. The summed E-state index contributed by atoms with van der Waals surface area (Å²) in [6.07, 6.45) is 5.28. The third-order valence-electron chi connectivity index (χ3n) is 3.87. The maximum Gasteiger partial charge on any atom is 0.0634 e. The molecular weight excluding hydrogens is 220 g/mol. The molecule has 0 amide bonds. The van der Waals surface area contributed by atoms with E-state index in [9.17, 15) is 5.11 Å². The minimum Gasteiger partial charge on any atom is -0.392 e. The number of hydrogen-bond donors (Lipinski definition) is 1. The van der Waals surface area contributed by atoms with Crippen molar-refractivity contribution in [3.63, 3.8) is 0 Å². The summed E-state index contributed by atoms with van der Waals surface area (Å²) in [5.74, 6) is 0. The van der Waals surface area contributed by atoms with Crippen molar-refractivity contribution in [2.45, 2.75) is 45.1 Å². The van der Waals surface area contributed by atoms with Gasteiger partial charge in [-0.05, 0) is 42.4 Å². The molecule has 1 aromatic carbocycles. The summed E-state index contributed by atoms with van der Waals surface area (Å²) in [6, 6.07) is 7.80. The number of hydrogen-bond acceptors (Lipinski definition) is 1. The Morgan fingerprint density at radius 3 is 2.69 bits per heavy atom. The maximum absolute atomic E-state index is 10.3. The average Bonchev–Trinajstić information content (AvgIpc) is 2.66. The molecule has 0 saturated heterocycles. The second-order valence-electron chi connectivity index (χ2n) is 5.21. The van der Waals surface area contributed by atoms with E-state index < -0.39 is 0 Å². The zero-order valence-corrected chi connectivity index (χ0v) is 10.5. The molecule has 0 heterocycles. The van der Waals surface area contributed by atoms with Gasteiger partial charge >= 0.3 is 0 Å². The molecule has 2 rings (SSSR count). The number of aliphatic hydroxyl groups is 1. The average molecular weight is 239 g/mol. The van der Waals surface area contributed by atoms with Gasteiger partial charge in [0.1, 0.15) is 0 Å². The van der Waals surface area contributed by atoms with Gasteiger partial charge in [0.15, 0.2) is 0 Å². The van der Waals surface area contributed by atoms with Crippen LogP contribution in [0.4, 0.5) is 0 Å². The maximum atomic E-state index is 10.3. The smallest absolute Gasteiger partial charge is 0.0634 e. The molecule has 0 bridgehead atoms. The van der Waals surface area contributed by atoms with Crippen LogP contribution in [-0.2, 0) is 6.42 Å². The lowest BCUT2D eigenvalue weighted by atomic mass is 9.80. The Morgan fingerprint density at radius 2 is 2.06 bits per heavy atom. The second-order valence-corrected chi connectivity index (χ2v) is 5.65. The highest BCUT2D eigenvalue weighted by molar-refractivity contribution is 6.30. The first kappa shape index (κ1) is 11.9. The quantitative estimate of drug-likeness (QED) is 0.849. The van der Waals surface area contributed by atoms with Gasteiger partial charge in [0, 0.05) is 5.02 Å². The van der Waals surface area contributed by atoms with E-state index in [2.05, 4.69) is 6.92 Å². The minimum absolute atomic E-state index is 0.113. The van der Waals surface area contributed by atoms with Crippen molar-refractivity contribution in [3.05, 3.63) is 34.9 Å². The van der Waals surface area contributed by atoms with Gasteiger partial charge in [0.25, 0.3) is 0 Å². The molecular formula is C14H19ClO. The highest BCUT2D eigenvalue weighted by Crippen LogP contribution is 2.41. The van der Waals surface area contributed by atoms with E-state index in [1.165, 1.54) is 12.8 Å². The van der Waals surface area contributed by atoms with Crippen LogP contribution in [-0.4, -0.2) is 11.2 Å². The van der Waals surface area contributed by atoms with E-state index in [0.29, 0.717) is 0 Å². The van der Waals surface area contributed by atoms with E-state index in [4.69, 9.17) is 11.6 Å². The summed E-state index contributed by atoms with van der Waals surface area (Å²) in [5, 5.41) is 11.1. The molecule has 1 atom stereocenters. The SMILES string of the molecule is CC1(C(O)Cc2cccc(Cl)c2)CCCC1. The first-order valence-corrected chi connectivity index (χ1v) is 6.40. The van der Waals surface area contributed by atoms with Gasteiger partial charge in [-0.15, -0.1) is 0 Å². The molecule has 1 fully saturated rings. The monoisotopic (exact) mass is 238 g/mol. The van der Waals surface area contributed by atoms with Crippen LogP contribution < -0.4 is 0 Å². The Hall–Kier alpha value is -0.530. The van der Waals surface area contributed by atoms with Crippen LogP contribution in [0.25, 0.3) is 0 Å². The molecule has 1 nitrogen and oxygen atoms in total. The van der Waals surface area contributed by atoms with Crippen LogP contribution in [0.1, 0.15) is 38.2 Å². The molecule has 0 radical (unpaired) electrons. The normalized spacial score (nSPS) is 20.9.